The van der Waals surface area contributed by atoms with Crippen LogP contribution in [0, 0.1) is 0 Å². The van der Waals surface area contributed by atoms with Gasteiger partial charge in [0.1, 0.15) is 6.35 Å². The normalized spacial score (nSPS) is 23.5. The van der Waals surface area contributed by atoms with Crippen molar-refractivity contribution in [3.05, 3.63) is 28.8 Å². The molecular formula is C11H16N5O11P3. The van der Waals surface area contributed by atoms with Crippen molar-refractivity contribution in [1.29, 1.82) is 0 Å². The zero-order chi connectivity index (χ0) is 22.3. The van der Waals surface area contributed by atoms with Crippen molar-refractivity contribution in [2.24, 2.45) is 0 Å². The van der Waals surface area contributed by atoms with E-state index in [1.807, 2.05) is 0 Å². The minimum atomic E-state index is -5.52. The van der Waals surface area contributed by atoms with Crippen LogP contribution in [-0.4, -0.2) is 51.5 Å². The van der Waals surface area contributed by atoms with E-state index in [1.165, 1.54) is 12.4 Å². The fourth-order valence-electron chi connectivity index (χ4n) is 2.69. The molecule has 0 radical (unpaired) electrons. The Morgan fingerprint density at radius 2 is 1.90 bits per heavy atom. The van der Waals surface area contributed by atoms with E-state index in [2.05, 4.69) is 23.6 Å². The molecule has 0 amide bonds. The third kappa shape index (κ3) is 5.71. The van der Waals surface area contributed by atoms with Gasteiger partial charge in [-0.15, -0.1) is 0 Å². The molecule has 2 aromatic heterocycles. The number of H-pyrrole nitrogens is 1. The van der Waals surface area contributed by atoms with Crippen molar-refractivity contribution in [2.45, 2.75) is 18.6 Å². The summed E-state index contributed by atoms with van der Waals surface area (Å²) >= 11 is 0. The van der Waals surface area contributed by atoms with Crippen LogP contribution < -0.4 is 11.3 Å². The van der Waals surface area contributed by atoms with Gasteiger partial charge < -0.3 is 34.6 Å². The number of aromatic nitrogens is 4. The Morgan fingerprint density at radius 3 is 2.57 bits per heavy atom. The van der Waals surface area contributed by atoms with Gasteiger partial charge in [0.15, 0.2) is 11.2 Å². The zero-order valence-corrected chi connectivity index (χ0v) is 17.4. The highest BCUT2D eigenvalue weighted by Gasteiger charge is 2.40. The second kappa shape index (κ2) is 8.09. The molecule has 0 spiro atoms. The van der Waals surface area contributed by atoms with E-state index in [-0.39, 0.29) is 23.5 Å². The van der Waals surface area contributed by atoms with Crippen LogP contribution in [0.3, 0.4) is 0 Å². The molecule has 0 saturated carbocycles. The van der Waals surface area contributed by atoms with Crippen molar-refractivity contribution in [1.82, 2.24) is 19.5 Å². The Bertz CT molecular complexity index is 1190. The highest BCUT2D eigenvalue weighted by atomic mass is 31.3. The number of nitrogens with two attached hydrogens (primary N) is 1. The molecule has 0 bridgehead atoms. The largest absolute Gasteiger partial charge is 0.488 e. The molecule has 0 saturated heterocycles. The number of anilines is 1. The summed E-state index contributed by atoms with van der Waals surface area (Å²) in [4.78, 5) is 57.9. The first-order valence-corrected chi connectivity index (χ1v) is 12.7. The highest BCUT2D eigenvalue weighted by molar-refractivity contribution is 7.68. The Hall–Kier alpha value is -1.70. The Labute approximate surface area is 166 Å². The lowest BCUT2D eigenvalue weighted by atomic mass is 10.2. The fourth-order valence-corrected chi connectivity index (χ4v) is 6.01. The van der Waals surface area contributed by atoms with E-state index in [9.17, 15) is 23.4 Å². The maximum absolute atomic E-state index is 11.9. The van der Waals surface area contributed by atoms with E-state index < -0.39 is 47.3 Å². The number of nitrogens with zero attached hydrogens (tertiary/aromatic N) is 3. The maximum Gasteiger partial charge on any atom is 0.488 e. The minimum absolute atomic E-state index is 0.0685. The second-order valence-electron chi connectivity index (χ2n) is 6.06. The summed E-state index contributed by atoms with van der Waals surface area (Å²) in [6.45, 7) is 0. The summed E-state index contributed by atoms with van der Waals surface area (Å²) in [5.74, 6) is -0.103. The highest BCUT2D eigenvalue weighted by Crippen LogP contribution is 2.66. The number of nitrogens with one attached hydrogen (secondary N) is 1. The molecular weight excluding hydrogens is 471 g/mol. The van der Waals surface area contributed by atoms with Gasteiger partial charge in [-0.1, -0.05) is 12.2 Å². The third-order valence-corrected chi connectivity index (χ3v) is 7.72. The van der Waals surface area contributed by atoms with Crippen LogP contribution in [0.1, 0.15) is 12.5 Å². The first-order valence-electron chi connectivity index (χ1n) is 7.90. The average Bonchev–Trinajstić information content (AvgIpc) is 3.15. The molecule has 3 rings (SSSR count). The Kier molecular flexibility index (Phi) is 6.20. The van der Waals surface area contributed by atoms with Crippen molar-refractivity contribution in [3.8, 4) is 0 Å². The minimum Gasteiger partial charge on any atom is -0.369 e. The van der Waals surface area contributed by atoms with Crippen LogP contribution in [0.4, 0.5) is 5.95 Å². The van der Waals surface area contributed by atoms with Gasteiger partial charge in [-0.05, 0) is 0 Å². The van der Waals surface area contributed by atoms with Crippen LogP contribution in [0.5, 0.6) is 0 Å². The number of phosphoric acid groups is 2. The molecule has 19 heteroatoms. The van der Waals surface area contributed by atoms with Crippen molar-refractivity contribution >= 4 is 40.4 Å². The molecule has 2 unspecified atom stereocenters. The Balaban J connectivity index is 1.63. The zero-order valence-electron chi connectivity index (χ0n) is 14.7. The van der Waals surface area contributed by atoms with Crippen molar-refractivity contribution < 1.29 is 46.6 Å². The molecule has 2 heterocycles. The van der Waals surface area contributed by atoms with E-state index in [0.717, 1.165) is 0 Å². The Morgan fingerprint density at radius 1 is 1.20 bits per heavy atom. The van der Waals surface area contributed by atoms with Gasteiger partial charge in [-0.2, -0.15) is 9.29 Å². The van der Waals surface area contributed by atoms with Gasteiger partial charge in [0.25, 0.3) is 5.56 Å². The van der Waals surface area contributed by atoms with E-state index in [1.54, 1.807) is 10.6 Å². The van der Waals surface area contributed by atoms with Crippen LogP contribution in [0.15, 0.2) is 23.3 Å². The maximum atomic E-state index is 11.9. The summed E-state index contributed by atoms with van der Waals surface area (Å²) in [5.41, 5.74) is 5.31. The lowest BCUT2D eigenvalue weighted by Crippen LogP contribution is -2.15. The topological polar surface area (TPSA) is 249 Å². The second-order valence-corrected chi connectivity index (χ2v) is 10.8. The smallest absolute Gasteiger partial charge is 0.369 e. The first kappa shape index (κ1) is 23.0. The predicted molar refractivity (Wildman–Crippen MR) is 99.0 cm³/mol. The number of fused-ring (bicyclic) bond motifs is 1. The molecule has 7 N–H and O–H groups in total. The standard InChI is InChI=1S/C11H16N5O11P3/c12-11-14-9-8(10(17)15-11)13-4-16(9)6-1-2-7(3-6)25-5-28(18,19)26-30(23,24)27-29(20,21)22/h1-2,4,6-7H,3,5H2,(H,18,19)(H,23,24)(H2,20,21,22)(H3,12,14,15,17)/t6-,7+/m1/s1. The quantitative estimate of drug-likeness (QED) is 0.211. The number of allylic oxidation sites excluding steroid dienone is 1. The number of imidazole rings is 1. The monoisotopic (exact) mass is 487 g/mol. The van der Waals surface area contributed by atoms with Gasteiger partial charge in [0.2, 0.25) is 5.95 Å². The SMILES string of the molecule is Nc1nc2c(ncn2[C@@H]2C=C[C@H](OCP(=O)(O)OP(=O)(O)OP(=O)(O)O)C2)c(=O)[nH]1. The predicted octanol–water partition coefficient (Wildman–Crippen LogP) is -0.0428. The molecule has 166 valence electrons. The van der Waals surface area contributed by atoms with Gasteiger partial charge in [0, 0.05) is 6.42 Å². The number of hydrogen-bond donors (Lipinski definition) is 6. The third-order valence-electron chi connectivity index (χ3n) is 3.72. The number of hydrogen-bond acceptors (Lipinski definition) is 10. The van der Waals surface area contributed by atoms with Gasteiger partial charge in [-0.3, -0.25) is 14.3 Å². The molecule has 4 atom stereocenters. The summed E-state index contributed by atoms with van der Waals surface area (Å²) in [6.07, 6.45) is 2.95. The lowest BCUT2D eigenvalue weighted by molar-refractivity contribution is 0.101. The molecule has 0 aromatic carbocycles. The number of nitrogen functional groups attached to an aromatic ring is 1. The summed E-state index contributed by atoms with van der Waals surface area (Å²) in [5, 5.41) is 0. The van der Waals surface area contributed by atoms with E-state index in [0.29, 0.717) is 0 Å². The van der Waals surface area contributed by atoms with Gasteiger partial charge in [0.05, 0.1) is 18.5 Å². The fraction of sp³-hybridized carbons (Fsp3) is 0.364. The van der Waals surface area contributed by atoms with Crippen LogP contribution in [0.25, 0.3) is 11.2 Å². The molecule has 30 heavy (non-hydrogen) atoms. The first-order chi connectivity index (χ1) is 13.7. The van der Waals surface area contributed by atoms with E-state index >= 15 is 0 Å². The molecule has 2 aromatic rings. The van der Waals surface area contributed by atoms with Gasteiger partial charge in [-0.25, -0.2) is 18.4 Å². The average molecular weight is 487 g/mol. The van der Waals surface area contributed by atoms with Crippen LogP contribution in [0.2, 0.25) is 0 Å². The van der Waals surface area contributed by atoms with Crippen LogP contribution in [-0.2, 0) is 27.1 Å². The number of aromatic amines is 1. The summed E-state index contributed by atoms with van der Waals surface area (Å²) in [6, 6.07) is -0.394. The van der Waals surface area contributed by atoms with E-state index in [4.69, 9.17) is 25.2 Å². The number of ether oxygens (including phenoxy) is 1. The molecule has 1 aliphatic rings. The molecule has 16 nitrogen and oxygen atoms in total. The summed E-state index contributed by atoms with van der Waals surface area (Å²) in [7, 11) is -15.9. The molecule has 0 aliphatic heterocycles. The van der Waals surface area contributed by atoms with Gasteiger partial charge >= 0.3 is 23.2 Å². The van der Waals surface area contributed by atoms with Crippen molar-refractivity contribution in [2.75, 3.05) is 12.1 Å². The van der Waals surface area contributed by atoms with Crippen molar-refractivity contribution in [3.63, 3.8) is 0 Å². The molecule has 1 aliphatic carbocycles. The number of rotatable bonds is 8. The van der Waals surface area contributed by atoms with Crippen LogP contribution >= 0.6 is 23.2 Å². The summed E-state index contributed by atoms with van der Waals surface area (Å²) < 4.78 is 48.0. The molecule has 0 fully saturated rings. The lowest BCUT2D eigenvalue weighted by Gasteiger charge is -2.19.